The first kappa shape index (κ1) is 12.8. The highest BCUT2D eigenvalue weighted by Gasteiger charge is 2.40. The molecule has 1 saturated carbocycles. The largest absolute Gasteiger partial charge is 0.393 e. The molecule has 2 fully saturated rings. The number of nitrogens with zero attached hydrogens (tertiary/aromatic N) is 1. The molecule has 17 heavy (non-hydrogen) atoms. The second kappa shape index (κ2) is 5.36. The van der Waals surface area contributed by atoms with Gasteiger partial charge in [-0.05, 0) is 39.0 Å². The molecule has 0 aromatic carbocycles. The molecule has 4 heteroatoms. The summed E-state index contributed by atoms with van der Waals surface area (Å²) in [5.74, 6) is 0.241. The molecule has 0 aromatic rings. The van der Waals surface area contributed by atoms with Gasteiger partial charge >= 0.3 is 0 Å². The highest BCUT2D eigenvalue weighted by molar-refractivity contribution is 5.84. The Bertz CT molecular complexity index is 275. The topological polar surface area (TPSA) is 52.6 Å². The monoisotopic (exact) mass is 240 g/mol. The lowest BCUT2D eigenvalue weighted by atomic mass is 9.91. The van der Waals surface area contributed by atoms with E-state index >= 15 is 0 Å². The molecule has 0 spiro atoms. The van der Waals surface area contributed by atoms with Gasteiger partial charge in [-0.3, -0.25) is 10.1 Å². The van der Waals surface area contributed by atoms with Gasteiger partial charge in [-0.1, -0.05) is 13.3 Å². The minimum Gasteiger partial charge on any atom is -0.393 e. The Balaban J connectivity index is 2.03. The molecule has 98 valence electrons. The van der Waals surface area contributed by atoms with Gasteiger partial charge in [0.15, 0.2) is 0 Å². The van der Waals surface area contributed by atoms with E-state index in [1.165, 1.54) is 0 Å². The summed E-state index contributed by atoms with van der Waals surface area (Å²) < 4.78 is 0. The molecule has 2 atom stereocenters. The maximum Gasteiger partial charge on any atom is 0.240 e. The molecule has 2 N–H and O–H groups in total. The summed E-state index contributed by atoms with van der Waals surface area (Å²) in [6, 6.07) is 0.290. The molecular weight excluding hydrogens is 216 g/mol. The summed E-state index contributed by atoms with van der Waals surface area (Å²) in [5, 5.41) is 12.9. The number of hydrogen-bond acceptors (Lipinski definition) is 3. The van der Waals surface area contributed by atoms with Crippen molar-refractivity contribution in [3.05, 3.63) is 0 Å². The van der Waals surface area contributed by atoms with Crippen molar-refractivity contribution >= 4 is 5.91 Å². The van der Waals surface area contributed by atoms with Crippen molar-refractivity contribution in [2.75, 3.05) is 0 Å². The Morgan fingerprint density at radius 2 is 2.00 bits per heavy atom. The predicted molar refractivity (Wildman–Crippen MR) is 66.4 cm³/mol. The molecule has 0 bridgehead atoms. The number of rotatable bonds is 3. The summed E-state index contributed by atoms with van der Waals surface area (Å²) in [7, 11) is 0. The van der Waals surface area contributed by atoms with Crippen LogP contribution in [0.4, 0.5) is 0 Å². The van der Waals surface area contributed by atoms with E-state index < -0.39 is 0 Å². The van der Waals surface area contributed by atoms with Gasteiger partial charge in [-0.2, -0.15) is 0 Å². The zero-order chi connectivity index (χ0) is 12.4. The average molecular weight is 240 g/mol. The molecule has 2 rings (SSSR count). The maximum absolute atomic E-state index is 12.2. The molecule has 2 aliphatic rings. The number of nitrogens with one attached hydrogen (secondary N) is 1. The fourth-order valence-electron chi connectivity index (χ4n) is 3.08. The van der Waals surface area contributed by atoms with Crippen LogP contribution in [0.15, 0.2) is 0 Å². The first-order valence-electron chi connectivity index (χ1n) is 6.89. The Hall–Kier alpha value is -0.610. The second-order valence-electron chi connectivity index (χ2n) is 5.40. The number of amides is 1. The molecule has 1 saturated heterocycles. The van der Waals surface area contributed by atoms with E-state index in [4.69, 9.17) is 0 Å². The summed E-state index contributed by atoms with van der Waals surface area (Å²) in [4.78, 5) is 14.2. The molecule has 2 unspecified atom stereocenters. The number of carbonyl (C=O) groups excluding carboxylic acids is 1. The fourth-order valence-corrected chi connectivity index (χ4v) is 3.08. The molecule has 4 nitrogen and oxygen atoms in total. The Labute approximate surface area is 103 Å². The minimum absolute atomic E-state index is 0.0431. The Morgan fingerprint density at radius 1 is 1.35 bits per heavy atom. The van der Waals surface area contributed by atoms with Gasteiger partial charge in [0.25, 0.3) is 0 Å². The van der Waals surface area contributed by atoms with E-state index in [1.807, 2.05) is 6.92 Å². The van der Waals surface area contributed by atoms with Crippen molar-refractivity contribution in [2.24, 2.45) is 0 Å². The number of hydrogen-bond donors (Lipinski definition) is 2. The van der Waals surface area contributed by atoms with Crippen LogP contribution in [0, 0.1) is 0 Å². The predicted octanol–water partition coefficient (Wildman–Crippen LogP) is 1.24. The molecule has 1 aliphatic carbocycles. The summed E-state index contributed by atoms with van der Waals surface area (Å²) >= 11 is 0. The summed E-state index contributed by atoms with van der Waals surface area (Å²) in [6.07, 6.45) is 5.73. The fraction of sp³-hybridized carbons (Fsp3) is 0.923. The first-order valence-corrected chi connectivity index (χ1v) is 6.89. The number of carbonyl (C=O) groups is 1. The van der Waals surface area contributed by atoms with Crippen LogP contribution >= 0.6 is 0 Å². The van der Waals surface area contributed by atoms with Gasteiger partial charge in [0, 0.05) is 6.04 Å². The Kier molecular flexibility index (Phi) is 4.05. The van der Waals surface area contributed by atoms with Gasteiger partial charge in [-0.15, -0.1) is 0 Å². The van der Waals surface area contributed by atoms with E-state index in [2.05, 4.69) is 17.1 Å². The third kappa shape index (κ3) is 2.63. The first-order chi connectivity index (χ1) is 8.13. The minimum atomic E-state index is -0.154. The van der Waals surface area contributed by atoms with Gasteiger partial charge in [-0.25, -0.2) is 0 Å². The average Bonchev–Trinajstić information content (AvgIpc) is 2.57. The third-order valence-corrected chi connectivity index (χ3v) is 4.02. The normalized spacial score (nSPS) is 38.8. The SMILES string of the molecule is CCCC1NC(C)C(=O)N1C1CCC(O)CC1. The second-order valence-corrected chi connectivity index (χ2v) is 5.40. The zero-order valence-corrected chi connectivity index (χ0v) is 10.9. The third-order valence-electron chi connectivity index (χ3n) is 4.02. The van der Waals surface area contributed by atoms with Crippen LogP contribution in [0.3, 0.4) is 0 Å². The standard InChI is InChI=1S/C13H24N2O2/c1-3-4-12-14-9(2)13(17)15(12)10-5-7-11(16)8-6-10/h9-12,14,16H,3-8H2,1-2H3. The maximum atomic E-state index is 12.2. The quantitative estimate of drug-likeness (QED) is 0.780. The van der Waals surface area contributed by atoms with Crippen LogP contribution in [0.25, 0.3) is 0 Å². The molecule has 1 aliphatic heterocycles. The van der Waals surface area contributed by atoms with Gasteiger partial charge in [0.2, 0.25) is 5.91 Å². The van der Waals surface area contributed by atoms with Crippen LogP contribution < -0.4 is 5.32 Å². The smallest absolute Gasteiger partial charge is 0.240 e. The molecular formula is C13H24N2O2. The van der Waals surface area contributed by atoms with Crippen LogP contribution in [0.2, 0.25) is 0 Å². The van der Waals surface area contributed by atoms with Crippen molar-refractivity contribution in [1.29, 1.82) is 0 Å². The lowest BCUT2D eigenvalue weighted by Gasteiger charge is -2.36. The van der Waals surface area contributed by atoms with Crippen molar-refractivity contribution in [1.82, 2.24) is 10.2 Å². The molecule has 1 amide bonds. The summed E-state index contributed by atoms with van der Waals surface area (Å²) in [5.41, 5.74) is 0. The van der Waals surface area contributed by atoms with E-state index in [1.54, 1.807) is 0 Å². The van der Waals surface area contributed by atoms with Crippen LogP contribution in [0.1, 0.15) is 52.4 Å². The molecule has 0 aromatic heterocycles. The van der Waals surface area contributed by atoms with Gasteiger partial charge in [0.05, 0.1) is 18.3 Å². The highest BCUT2D eigenvalue weighted by atomic mass is 16.3. The van der Waals surface area contributed by atoms with Crippen LogP contribution in [-0.4, -0.2) is 40.3 Å². The van der Waals surface area contributed by atoms with Crippen molar-refractivity contribution in [3.8, 4) is 0 Å². The van der Waals surface area contributed by atoms with Crippen molar-refractivity contribution in [2.45, 2.75) is 76.7 Å². The van der Waals surface area contributed by atoms with E-state index in [0.717, 1.165) is 38.5 Å². The highest BCUT2D eigenvalue weighted by Crippen LogP contribution is 2.28. The lowest BCUT2D eigenvalue weighted by Crippen LogP contribution is -2.46. The van der Waals surface area contributed by atoms with Gasteiger partial charge in [0.1, 0.15) is 0 Å². The van der Waals surface area contributed by atoms with E-state index in [0.29, 0.717) is 6.04 Å². The van der Waals surface area contributed by atoms with Gasteiger partial charge < -0.3 is 10.0 Å². The molecule has 0 radical (unpaired) electrons. The number of aliphatic hydroxyl groups excluding tert-OH is 1. The Morgan fingerprint density at radius 3 is 2.59 bits per heavy atom. The van der Waals surface area contributed by atoms with Crippen LogP contribution in [0.5, 0.6) is 0 Å². The van der Waals surface area contributed by atoms with Crippen molar-refractivity contribution < 1.29 is 9.90 Å². The summed E-state index contributed by atoms with van der Waals surface area (Å²) in [6.45, 7) is 4.10. The lowest BCUT2D eigenvalue weighted by molar-refractivity contribution is -0.133. The van der Waals surface area contributed by atoms with E-state index in [9.17, 15) is 9.90 Å². The van der Waals surface area contributed by atoms with Crippen LogP contribution in [-0.2, 0) is 4.79 Å². The van der Waals surface area contributed by atoms with Crippen molar-refractivity contribution in [3.63, 3.8) is 0 Å². The van der Waals surface area contributed by atoms with E-state index in [-0.39, 0.29) is 24.2 Å². The number of aliphatic hydroxyl groups is 1. The molecule has 1 heterocycles. The zero-order valence-electron chi connectivity index (χ0n) is 10.9.